The highest BCUT2D eigenvalue weighted by Gasteiger charge is 2.22. The molecule has 0 aliphatic rings. The van der Waals surface area contributed by atoms with Crippen LogP contribution in [0.4, 0.5) is 0 Å². The maximum Gasteiger partial charge on any atom is 0.249 e. The molecule has 4 N–H and O–H groups in total. The van der Waals surface area contributed by atoms with Crippen LogP contribution in [0.1, 0.15) is 206 Å². The van der Waals surface area contributed by atoms with E-state index in [1.165, 1.54) is 154 Å². The Bertz CT molecular complexity index is 611. The molecule has 0 heterocycles. The predicted molar refractivity (Wildman–Crippen MR) is 190 cm³/mol. The highest BCUT2D eigenvalue weighted by molar-refractivity contribution is 5.80. The van der Waals surface area contributed by atoms with Crippen molar-refractivity contribution in [1.29, 1.82) is 0 Å². The molecular formula is C39H77NO4. The lowest BCUT2D eigenvalue weighted by Gasteiger charge is -2.21. The van der Waals surface area contributed by atoms with Crippen LogP contribution in [0.2, 0.25) is 0 Å². The van der Waals surface area contributed by atoms with Crippen LogP contribution in [-0.2, 0) is 4.79 Å². The van der Waals surface area contributed by atoms with Gasteiger partial charge in [0.2, 0.25) is 5.91 Å². The van der Waals surface area contributed by atoms with E-state index in [2.05, 4.69) is 19.2 Å². The van der Waals surface area contributed by atoms with Gasteiger partial charge in [0, 0.05) is 0 Å². The van der Waals surface area contributed by atoms with E-state index >= 15 is 0 Å². The molecule has 0 aliphatic carbocycles. The second kappa shape index (κ2) is 35.0. The summed E-state index contributed by atoms with van der Waals surface area (Å²) in [4.78, 5) is 12.4. The molecule has 0 aromatic carbocycles. The summed E-state index contributed by atoms with van der Waals surface area (Å²) in [6.07, 6.45) is 39.4. The second-order valence-corrected chi connectivity index (χ2v) is 13.5. The van der Waals surface area contributed by atoms with Crippen molar-refractivity contribution in [3.63, 3.8) is 0 Å². The van der Waals surface area contributed by atoms with Crippen LogP contribution in [0.3, 0.4) is 0 Å². The topological polar surface area (TPSA) is 89.8 Å². The summed E-state index contributed by atoms with van der Waals surface area (Å²) in [6, 6.07) is -0.791. The molecule has 262 valence electrons. The Morgan fingerprint density at radius 2 is 0.886 bits per heavy atom. The average Bonchev–Trinajstić information content (AvgIpc) is 3.03. The molecule has 3 unspecified atom stereocenters. The molecule has 5 nitrogen and oxygen atoms in total. The number of hydrogen-bond donors (Lipinski definition) is 4. The van der Waals surface area contributed by atoms with Crippen molar-refractivity contribution in [2.75, 3.05) is 6.61 Å². The fraction of sp³-hybridized carbons (Fsp3) is 0.923. The van der Waals surface area contributed by atoms with Crippen molar-refractivity contribution >= 4 is 5.91 Å². The first-order chi connectivity index (χ1) is 21.6. The van der Waals surface area contributed by atoms with Gasteiger partial charge in [0.05, 0.1) is 18.8 Å². The number of carbonyl (C=O) groups is 1. The van der Waals surface area contributed by atoms with Crippen molar-refractivity contribution < 1.29 is 20.1 Å². The van der Waals surface area contributed by atoms with Crippen LogP contribution in [0.5, 0.6) is 0 Å². The van der Waals surface area contributed by atoms with E-state index in [1.54, 1.807) is 6.08 Å². The molecule has 0 aliphatic heterocycles. The Kier molecular flexibility index (Phi) is 34.2. The third-order valence-electron chi connectivity index (χ3n) is 9.13. The fourth-order valence-corrected chi connectivity index (χ4v) is 6.01. The Labute approximate surface area is 274 Å². The number of nitrogens with one attached hydrogen (secondary N) is 1. The van der Waals surface area contributed by atoms with Gasteiger partial charge in [-0.1, -0.05) is 199 Å². The lowest BCUT2D eigenvalue weighted by Crippen LogP contribution is -2.48. The van der Waals surface area contributed by atoms with Crippen molar-refractivity contribution in [3.8, 4) is 0 Å². The highest BCUT2D eigenvalue weighted by Crippen LogP contribution is 2.15. The Morgan fingerprint density at radius 1 is 0.545 bits per heavy atom. The quantitative estimate of drug-likeness (QED) is 0.0418. The minimum atomic E-state index is -1.09. The molecule has 0 fully saturated rings. The van der Waals surface area contributed by atoms with Crippen molar-refractivity contribution in [2.45, 2.75) is 225 Å². The summed E-state index contributed by atoms with van der Waals surface area (Å²) in [6.45, 7) is 4.17. The maximum atomic E-state index is 12.4. The zero-order chi connectivity index (χ0) is 32.4. The molecule has 44 heavy (non-hydrogen) atoms. The summed E-state index contributed by atoms with van der Waals surface area (Å²) < 4.78 is 0. The number of allylic oxidation sites excluding steroid dienone is 1. The largest absolute Gasteiger partial charge is 0.394 e. The normalized spacial score (nSPS) is 13.8. The van der Waals surface area contributed by atoms with Gasteiger partial charge >= 0.3 is 0 Å². The maximum absolute atomic E-state index is 12.4. The van der Waals surface area contributed by atoms with Crippen LogP contribution in [0.15, 0.2) is 12.2 Å². The van der Waals surface area contributed by atoms with E-state index in [4.69, 9.17) is 0 Å². The first kappa shape index (κ1) is 43.1. The summed E-state index contributed by atoms with van der Waals surface area (Å²) in [5.41, 5.74) is 0. The van der Waals surface area contributed by atoms with Crippen LogP contribution in [-0.4, -0.2) is 46.1 Å². The number of hydrogen-bond acceptors (Lipinski definition) is 4. The average molecular weight is 624 g/mol. The monoisotopic (exact) mass is 624 g/mol. The Balaban J connectivity index is 3.69. The van der Waals surface area contributed by atoms with Crippen LogP contribution in [0, 0.1) is 0 Å². The van der Waals surface area contributed by atoms with Gasteiger partial charge in [0.25, 0.3) is 0 Å². The van der Waals surface area contributed by atoms with Gasteiger partial charge in [-0.15, -0.1) is 0 Å². The van der Waals surface area contributed by atoms with E-state index in [-0.39, 0.29) is 6.61 Å². The van der Waals surface area contributed by atoms with E-state index in [1.807, 2.05) is 6.08 Å². The first-order valence-corrected chi connectivity index (χ1v) is 19.5. The number of carbonyl (C=O) groups excluding carboxylic acids is 1. The van der Waals surface area contributed by atoms with Gasteiger partial charge in [-0.2, -0.15) is 0 Å². The van der Waals surface area contributed by atoms with Crippen molar-refractivity contribution in [1.82, 2.24) is 5.32 Å². The zero-order valence-electron chi connectivity index (χ0n) is 29.6. The molecule has 0 saturated heterocycles. The van der Waals surface area contributed by atoms with Gasteiger partial charge in [-0.3, -0.25) is 4.79 Å². The van der Waals surface area contributed by atoms with Gasteiger partial charge < -0.3 is 20.6 Å². The number of rotatable bonds is 35. The van der Waals surface area contributed by atoms with Gasteiger partial charge in [0.15, 0.2) is 0 Å². The third kappa shape index (κ3) is 29.8. The molecule has 3 atom stereocenters. The molecule has 0 bridgehead atoms. The molecule has 0 aromatic rings. The molecule has 5 heteroatoms. The summed E-state index contributed by atoms with van der Waals surface area (Å²) in [5, 5.41) is 33.0. The van der Waals surface area contributed by atoms with E-state index in [0.29, 0.717) is 6.42 Å². The Hall–Kier alpha value is -0.910. The summed E-state index contributed by atoms with van der Waals surface area (Å²) in [5.74, 6) is -0.502. The van der Waals surface area contributed by atoms with E-state index in [0.717, 1.165) is 32.1 Å². The SMILES string of the molecule is CCCCCCCCCCCCCCCCCC/C=C/C(O)C(CO)NC(=O)C(O)CCCCCCCCCCCCCC. The molecule has 0 saturated carbocycles. The molecular weight excluding hydrogens is 546 g/mol. The van der Waals surface area contributed by atoms with E-state index in [9.17, 15) is 20.1 Å². The Morgan fingerprint density at radius 3 is 1.25 bits per heavy atom. The number of aliphatic hydroxyl groups is 3. The lowest BCUT2D eigenvalue weighted by atomic mass is 10.0. The minimum Gasteiger partial charge on any atom is -0.394 e. The number of amides is 1. The van der Waals surface area contributed by atoms with Crippen LogP contribution < -0.4 is 5.32 Å². The second-order valence-electron chi connectivity index (χ2n) is 13.5. The number of unbranched alkanes of at least 4 members (excludes halogenated alkanes) is 27. The van der Waals surface area contributed by atoms with Crippen molar-refractivity contribution in [3.05, 3.63) is 12.2 Å². The molecule has 0 aromatic heterocycles. The minimum absolute atomic E-state index is 0.360. The molecule has 0 rings (SSSR count). The van der Waals surface area contributed by atoms with E-state index < -0.39 is 24.2 Å². The third-order valence-corrected chi connectivity index (χ3v) is 9.13. The molecule has 0 radical (unpaired) electrons. The standard InChI is InChI=1S/C39H77NO4/c1-3-5-7-9-11-13-15-17-18-19-20-21-22-24-25-27-29-31-33-37(42)36(35-41)40-39(44)38(43)34-32-30-28-26-23-16-14-12-10-8-6-4-2/h31,33,36-38,41-43H,3-30,32,34-35H2,1-2H3,(H,40,44)/b33-31+. The van der Waals surface area contributed by atoms with Crippen LogP contribution >= 0.6 is 0 Å². The predicted octanol–water partition coefficient (Wildman–Crippen LogP) is 10.5. The smallest absolute Gasteiger partial charge is 0.249 e. The van der Waals surface area contributed by atoms with Gasteiger partial charge in [-0.25, -0.2) is 0 Å². The van der Waals surface area contributed by atoms with Gasteiger partial charge in [0.1, 0.15) is 6.10 Å². The summed E-state index contributed by atoms with van der Waals surface area (Å²) >= 11 is 0. The van der Waals surface area contributed by atoms with Crippen molar-refractivity contribution in [2.24, 2.45) is 0 Å². The first-order valence-electron chi connectivity index (χ1n) is 19.5. The molecule has 0 spiro atoms. The fourth-order valence-electron chi connectivity index (χ4n) is 6.01. The zero-order valence-corrected chi connectivity index (χ0v) is 29.6. The van der Waals surface area contributed by atoms with Crippen LogP contribution in [0.25, 0.3) is 0 Å². The lowest BCUT2D eigenvalue weighted by molar-refractivity contribution is -0.131. The van der Waals surface area contributed by atoms with Gasteiger partial charge in [-0.05, 0) is 19.3 Å². The summed E-state index contributed by atoms with van der Waals surface area (Å²) in [7, 11) is 0. The highest BCUT2D eigenvalue weighted by atomic mass is 16.3. The number of aliphatic hydroxyl groups excluding tert-OH is 3. The molecule has 1 amide bonds.